The molecule has 162 valence electrons. The second-order valence-corrected chi connectivity index (χ2v) is 8.23. The highest BCUT2D eigenvalue weighted by molar-refractivity contribution is 6.35. The number of fused-ring (bicyclic) bond motifs is 2. The number of H-pyrrole nitrogens is 1. The number of nitrogens with two attached hydrogens (primary N) is 1. The second kappa shape index (κ2) is 7.51. The minimum atomic E-state index is -0.535. The lowest BCUT2D eigenvalue weighted by Crippen LogP contribution is -2.39. The monoisotopic (exact) mass is 448 g/mol. The number of aryl methyl sites for hydroxylation is 2. The van der Waals surface area contributed by atoms with Crippen molar-refractivity contribution in [3.63, 3.8) is 0 Å². The molecule has 0 aliphatic heterocycles. The third kappa shape index (κ3) is 3.07. The summed E-state index contributed by atoms with van der Waals surface area (Å²) in [5, 5.41) is 1.44. The largest absolute Gasteiger partial charge is 0.357 e. The SMILES string of the molecule is Cn1c(C(N)c2ccccc2)nc2c1c(=O)n(Cc1cc3c(Cl)cccc3[nH]1)c(=O)n2C. The minimum absolute atomic E-state index is 0.0811. The van der Waals surface area contributed by atoms with Crippen LogP contribution in [0.15, 0.2) is 64.2 Å². The van der Waals surface area contributed by atoms with Crippen molar-refractivity contribution in [2.75, 3.05) is 0 Å². The molecular formula is C23H21ClN6O2. The van der Waals surface area contributed by atoms with Crippen LogP contribution in [0.2, 0.25) is 5.02 Å². The summed E-state index contributed by atoms with van der Waals surface area (Å²) in [6.07, 6.45) is 0. The molecule has 3 heterocycles. The summed E-state index contributed by atoms with van der Waals surface area (Å²) < 4.78 is 4.25. The number of imidazole rings is 1. The number of hydrogen-bond donors (Lipinski definition) is 2. The molecule has 3 aromatic heterocycles. The van der Waals surface area contributed by atoms with Gasteiger partial charge in [-0.2, -0.15) is 0 Å². The number of hydrogen-bond acceptors (Lipinski definition) is 4. The third-order valence-electron chi connectivity index (χ3n) is 5.83. The summed E-state index contributed by atoms with van der Waals surface area (Å²) in [6.45, 7) is 0.0811. The first-order valence-corrected chi connectivity index (χ1v) is 10.5. The Hall–Kier alpha value is -3.62. The Morgan fingerprint density at radius 2 is 1.81 bits per heavy atom. The van der Waals surface area contributed by atoms with Gasteiger partial charge < -0.3 is 15.3 Å². The van der Waals surface area contributed by atoms with E-state index in [1.54, 1.807) is 24.7 Å². The Kier molecular flexibility index (Phi) is 4.76. The number of aromatic amines is 1. The van der Waals surface area contributed by atoms with E-state index in [2.05, 4.69) is 9.97 Å². The molecule has 3 N–H and O–H groups in total. The standard InChI is InChI=1S/C23H21ClN6O2/c1-28-19-21(27-20(28)18(25)13-7-4-3-5-8-13)29(2)23(32)30(22(19)31)12-14-11-15-16(24)9-6-10-17(15)26-14/h3-11,18,26H,12,25H2,1-2H3. The molecule has 0 aliphatic carbocycles. The molecule has 0 spiro atoms. The summed E-state index contributed by atoms with van der Waals surface area (Å²) in [7, 11) is 3.35. The number of rotatable bonds is 4. The molecule has 9 heteroatoms. The molecule has 32 heavy (non-hydrogen) atoms. The number of aromatic nitrogens is 5. The van der Waals surface area contributed by atoms with Gasteiger partial charge >= 0.3 is 5.69 Å². The first kappa shape index (κ1) is 20.3. The van der Waals surface area contributed by atoms with Gasteiger partial charge in [0.2, 0.25) is 0 Å². The van der Waals surface area contributed by atoms with Gasteiger partial charge in [0.1, 0.15) is 5.82 Å². The van der Waals surface area contributed by atoms with Crippen molar-refractivity contribution in [1.29, 1.82) is 0 Å². The van der Waals surface area contributed by atoms with E-state index in [4.69, 9.17) is 17.3 Å². The number of halogens is 1. The average molecular weight is 449 g/mol. The van der Waals surface area contributed by atoms with Crippen molar-refractivity contribution >= 4 is 33.7 Å². The molecule has 0 fully saturated rings. The van der Waals surface area contributed by atoms with Gasteiger partial charge in [-0.05, 0) is 23.8 Å². The van der Waals surface area contributed by atoms with Gasteiger partial charge in [-0.1, -0.05) is 48.0 Å². The zero-order chi connectivity index (χ0) is 22.6. The van der Waals surface area contributed by atoms with Crippen molar-refractivity contribution in [1.82, 2.24) is 23.7 Å². The predicted octanol–water partition coefficient (Wildman–Crippen LogP) is 2.66. The van der Waals surface area contributed by atoms with Crippen molar-refractivity contribution in [3.05, 3.63) is 97.5 Å². The van der Waals surface area contributed by atoms with E-state index in [1.165, 1.54) is 9.13 Å². The lowest BCUT2D eigenvalue weighted by atomic mass is 10.1. The molecule has 0 saturated heterocycles. The highest BCUT2D eigenvalue weighted by Crippen LogP contribution is 2.24. The van der Waals surface area contributed by atoms with Crippen LogP contribution in [0, 0.1) is 0 Å². The van der Waals surface area contributed by atoms with Gasteiger partial charge in [-0.25, -0.2) is 9.78 Å². The van der Waals surface area contributed by atoms with Crippen molar-refractivity contribution in [2.24, 2.45) is 19.8 Å². The molecule has 5 aromatic rings. The zero-order valence-electron chi connectivity index (χ0n) is 17.5. The molecule has 0 amide bonds. The van der Waals surface area contributed by atoms with Gasteiger partial charge in [-0.15, -0.1) is 0 Å². The summed E-state index contributed by atoms with van der Waals surface area (Å²) in [4.78, 5) is 34.2. The predicted molar refractivity (Wildman–Crippen MR) is 125 cm³/mol. The number of benzene rings is 2. The van der Waals surface area contributed by atoms with Gasteiger partial charge in [0, 0.05) is 35.7 Å². The quantitative estimate of drug-likeness (QED) is 0.441. The topological polar surface area (TPSA) is 104 Å². The maximum absolute atomic E-state index is 13.4. The van der Waals surface area contributed by atoms with E-state index in [9.17, 15) is 9.59 Å². The highest BCUT2D eigenvalue weighted by atomic mass is 35.5. The molecule has 0 saturated carbocycles. The van der Waals surface area contributed by atoms with Crippen LogP contribution in [-0.4, -0.2) is 23.7 Å². The second-order valence-electron chi connectivity index (χ2n) is 7.82. The van der Waals surface area contributed by atoms with Gasteiger partial charge in [0.15, 0.2) is 11.2 Å². The smallest absolute Gasteiger partial charge is 0.332 e. The van der Waals surface area contributed by atoms with Crippen LogP contribution < -0.4 is 17.0 Å². The lowest BCUT2D eigenvalue weighted by molar-refractivity contribution is 0.648. The van der Waals surface area contributed by atoms with Gasteiger partial charge in [-0.3, -0.25) is 13.9 Å². The zero-order valence-corrected chi connectivity index (χ0v) is 18.3. The molecule has 5 rings (SSSR count). The van der Waals surface area contributed by atoms with Gasteiger partial charge in [0.25, 0.3) is 5.56 Å². The maximum Gasteiger partial charge on any atom is 0.332 e. The lowest BCUT2D eigenvalue weighted by Gasteiger charge is -2.11. The molecule has 0 radical (unpaired) electrons. The first-order chi connectivity index (χ1) is 15.4. The maximum atomic E-state index is 13.4. The van der Waals surface area contributed by atoms with E-state index >= 15 is 0 Å². The Labute approximate surface area is 187 Å². The fourth-order valence-electron chi connectivity index (χ4n) is 4.12. The summed E-state index contributed by atoms with van der Waals surface area (Å²) in [5.41, 5.74) is 8.61. The molecule has 1 atom stereocenters. The Morgan fingerprint density at radius 3 is 2.53 bits per heavy atom. The Morgan fingerprint density at radius 1 is 1.06 bits per heavy atom. The van der Waals surface area contributed by atoms with E-state index in [0.717, 1.165) is 16.5 Å². The molecule has 0 bridgehead atoms. The summed E-state index contributed by atoms with van der Waals surface area (Å²) in [5.74, 6) is 0.508. The van der Waals surface area contributed by atoms with Crippen LogP contribution in [0.5, 0.6) is 0 Å². The molecule has 2 aromatic carbocycles. The summed E-state index contributed by atoms with van der Waals surface area (Å²) in [6, 6.07) is 16.4. The average Bonchev–Trinajstić information content (AvgIpc) is 3.37. The number of nitrogens with one attached hydrogen (secondary N) is 1. The molecular weight excluding hydrogens is 428 g/mol. The highest BCUT2D eigenvalue weighted by Gasteiger charge is 2.22. The van der Waals surface area contributed by atoms with Crippen molar-refractivity contribution < 1.29 is 0 Å². The van der Waals surface area contributed by atoms with Crippen LogP contribution in [0.25, 0.3) is 22.1 Å². The normalized spacial score (nSPS) is 12.6. The fourth-order valence-corrected chi connectivity index (χ4v) is 4.35. The van der Waals surface area contributed by atoms with Gasteiger partial charge in [0.05, 0.1) is 12.6 Å². The molecule has 0 aliphatic rings. The van der Waals surface area contributed by atoms with Crippen LogP contribution in [-0.2, 0) is 20.6 Å². The Bertz CT molecular complexity index is 1590. The van der Waals surface area contributed by atoms with E-state index in [-0.39, 0.29) is 6.54 Å². The Balaban J connectivity index is 1.66. The van der Waals surface area contributed by atoms with Crippen LogP contribution in [0.3, 0.4) is 0 Å². The number of nitrogens with zero attached hydrogens (tertiary/aromatic N) is 4. The molecule has 1 unspecified atom stereocenters. The molecule has 8 nitrogen and oxygen atoms in total. The van der Waals surface area contributed by atoms with E-state index < -0.39 is 17.3 Å². The minimum Gasteiger partial charge on any atom is -0.357 e. The first-order valence-electron chi connectivity index (χ1n) is 10.1. The van der Waals surface area contributed by atoms with Crippen LogP contribution in [0.4, 0.5) is 0 Å². The van der Waals surface area contributed by atoms with Crippen molar-refractivity contribution in [3.8, 4) is 0 Å². The van der Waals surface area contributed by atoms with E-state index in [0.29, 0.717) is 27.7 Å². The summed E-state index contributed by atoms with van der Waals surface area (Å²) >= 11 is 6.27. The van der Waals surface area contributed by atoms with E-state index in [1.807, 2.05) is 48.5 Å². The third-order valence-corrected chi connectivity index (χ3v) is 6.16. The van der Waals surface area contributed by atoms with Crippen LogP contribution >= 0.6 is 11.6 Å². The van der Waals surface area contributed by atoms with Crippen molar-refractivity contribution in [2.45, 2.75) is 12.6 Å². The van der Waals surface area contributed by atoms with Crippen LogP contribution in [0.1, 0.15) is 23.1 Å². The fraction of sp³-hybridized carbons (Fsp3) is 0.174.